The van der Waals surface area contributed by atoms with E-state index < -0.39 is 11.3 Å². The summed E-state index contributed by atoms with van der Waals surface area (Å²) in [5, 5.41) is 2.64. The van der Waals surface area contributed by atoms with Gasteiger partial charge in [-0.25, -0.2) is 0 Å². The van der Waals surface area contributed by atoms with Crippen molar-refractivity contribution in [1.29, 1.82) is 0 Å². The van der Waals surface area contributed by atoms with E-state index in [-0.39, 0.29) is 11.4 Å². The molecule has 1 rings (SSSR count). The van der Waals surface area contributed by atoms with Crippen molar-refractivity contribution in [3.8, 4) is 0 Å². The molecule has 0 fully saturated rings. The van der Waals surface area contributed by atoms with E-state index in [1.165, 1.54) is 0 Å². The second-order valence-corrected chi connectivity index (χ2v) is 4.88. The Hall–Kier alpha value is -1.90. The number of benzene rings is 1. The molecular weight excluding hydrogens is 214 g/mol. The fraction of sp³-hybridized carbons (Fsp3) is 0.286. The number of anilines is 1. The Labute approximate surface area is 102 Å². The number of ketones is 1. The molecule has 0 spiro atoms. The molecule has 3 heteroatoms. The lowest BCUT2D eigenvalue weighted by Gasteiger charge is -2.17. The molecule has 1 N–H and O–H groups in total. The summed E-state index contributed by atoms with van der Waals surface area (Å²) >= 11 is 0. The molecule has 1 aromatic carbocycles. The molecule has 0 aliphatic heterocycles. The first-order chi connectivity index (χ1) is 7.82. The molecule has 90 valence electrons. The van der Waals surface area contributed by atoms with Gasteiger partial charge in [0.15, 0.2) is 5.78 Å². The van der Waals surface area contributed by atoms with Crippen molar-refractivity contribution in [3.63, 3.8) is 0 Å². The molecule has 0 aliphatic carbocycles. The lowest BCUT2D eigenvalue weighted by molar-refractivity contribution is -0.125. The normalized spacial score (nSPS) is 10.8. The Bertz CT molecular complexity index is 441. The zero-order chi connectivity index (χ0) is 13.1. The minimum atomic E-state index is -0.592. The van der Waals surface area contributed by atoms with Crippen molar-refractivity contribution in [1.82, 2.24) is 0 Å². The standard InChI is InChI=1S/C14H17NO2/c1-10(12(16)14(2,3)4)13(17)15-11-8-6-5-7-9-11/h5-9H,1H2,2-4H3,(H,15,17). The monoisotopic (exact) mass is 231 g/mol. The molecule has 0 heterocycles. The summed E-state index contributed by atoms with van der Waals surface area (Å²) < 4.78 is 0. The number of rotatable bonds is 3. The molecule has 1 amide bonds. The van der Waals surface area contributed by atoms with E-state index in [0.717, 1.165) is 0 Å². The Morgan fingerprint density at radius 2 is 1.65 bits per heavy atom. The van der Waals surface area contributed by atoms with Crippen LogP contribution < -0.4 is 5.32 Å². The van der Waals surface area contributed by atoms with Crippen LogP contribution in [0.1, 0.15) is 20.8 Å². The van der Waals surface area contributed by atoms with E-state index in [4.69, 9.17) is 0 Å². The van der Waals surface area contributed by atoms with Gasteiger partial charge in [0.1, 0.15) is 0 Å². The number of carbonyl (C=O) groups excluding carboxylic acids is 2. The van der Waals surface area contributed by atoms with Crippen LogP contribution in [0.5, 0.6) is 0 Å². The van der Waals surface area contributed by atoms with E-state index in [2.05, 4.69) is 11.9 Å². The van der Waals surface area contributed by atoms with Gasteiger partial charge in [-0.2, -0.15) is 0 Å². The zero-order valence-electron chi connectivity index (χ0n) is 10.4. The Balaban J connectivity index is 2.73. The van der Waals surface area contributed by atoms with Crippen LogP contribution in [0.15, 0.2) is 42.5 Å². The highest BCUT2D eigenvalue weighted by Gasteiger charge is 2.27. The third-order valence-corrected chi connectivity index (χ3v) is 2.26. The number of carbonyl (C=O) groups is 2. The highest BCUT2D eigenvalue weighted by atomic mass is 16.2. The van der Waals surface area contributed by atoms with Crippen molar-refractivity contribution in [2.75, 3.05) is 5.32 Å². The summed E-state index contributed by atoms with van der Waals surface area (Å²) in [6.45, 7) is 8.84. The SMILES string of the molecule is C=C(C(=O)Nc1ccccc1)C(=O)C(C)(C)C. The van der Waals surface area contributed by atoms with E-state index in [0.29, 0.717) is 5.69 Å². The topological polar surface area (TPSA) is 46.2 Å². The first-order valence-corrected chi connectivity index (χ1v) is 5.42. The quantitative estimate of drug-likeness (QED) is 0.494. The Morgan fingerprint density at radius 3 is 2.12 bits per heavy atom. The zero-order valence-corrected chi connectivity index (χ0v) is 10.4. The number of Topliss-reactive ketones (excluding diaryl/α,β-unsaturated/α-hetero) is 1. The third-order valence-electron chi connectivity index (χ3n) is 2.26. The van der Waals surface area contributed by atoms with Crippen LogP contribution in [0.3, 0.4) is 0 Å². The smallest absolute Gasteiger partial charge is 0.258 e. The average molecular weight is 231 g/mol. The largest absolute Gasteiger partial charge is 0.322 e. The lowest BCUT2D eigenvalue weighted by Crippen LogP contribution is -2.28. The minimum Gasteiger partial charge on any atom is -0.322 e. The van der Waals surface area contributed by atoms with Gasteiger partial charge in [0, 0.05) is 11.1 Å². The van der Waals surface area contributed by atoms with E-state index >= 15 is 0 Å². The predicted octanol–water partition coefficient (Wildman–Crippen LogP) is 2.80. The molecule has 17 heavy (non-hydrogen) atoms. The summed E-state index contributed by atoms with van der Waals surface area (Å²) in [4.78, 5) is 23.6. The first-order valence-electron chi connectivity index (χ1n) is 5.42. The van der Waals surface area contributed by atoms with E-state index in [1.54, 1.807) is 32.9 Å². The maximum absolute atomic E-state index is 11.8. The fourth-order valence-corrected chi connectivity index (χ4v) is 1.28. The van der Waals surface area contributed by atoms with Crippen LogP contribution in [0.4, 0.5) is 5.69 Å². The van der Waals surface area contributed by atoms with Crippen molar-refractivity contribution in [2.24, 2.45) is 5.41 Å². The predicted molar refractivity (Wildman–Crippen MR) is 68.7 cm³/mol. The minimum absolute atomic E-state index is 0.0126. The van der Waals surface area contributed by atoms with Gasteiger partial charge in [-0.1, -0.05) is 45.5 Å². The summed E-state index contributed by atoms with van der Waals surface area (Å²) in [7, 11) is 0. The summed E-state index contributed by atoms with van der Waals surface area (Å²) in [6.07, 6.45) is 0. The molecule has 0 saturated heterocycles. The summed E-state index contributed by atoms with van der Waals surface area (Å²) in [6, 6.07) is 8.98. The molecule has 0 unspecified atom stereocenters. The van der Waals surface area contributed by atoms with Gasteiger partial charge in [-0.3, -0.25) is 9.59 Å². The van der Waals surface area contributed by atoms with Crippen LogP contribution in [0, 0.1) is 5.41 Å². The van der Waals surface area contributed by atoms with E-state index in [9.17, 15) is 9.59 Å². The number of amides is 1. The lowest BCUT2D eigenvalue weighted by atomic mass is 9.86. The highest BCUT2D eigenvalue weighted by molar-refractivity contribution is 6.24. The molecule has 3 nitrogen and oxygen atoms in total. The molecule has 0 saturated carbocycles. The Kier molecular flexibility index (Phi) is 3.84. The highest BCUT2D eigenvalue weighted by Crippen LogP contribution is 2.20. The van der Waals surface area contributed by atoms with Gasteiger partial charge in [0.05, 0.1) is 5.57 Å². The van der Waals surface area contributed by atoms with Gasteiger partial charge in [-0.05, 0) is 12.1 Å². The van der Waals surface area contributed by atoms with Crippen molar-refractivity contribution in [2.45, 2.75) is 20.8 Å². The molecule has 0 radical (unpaired) electrons. The number of hydrogen-bond acceptors (Lipinski definition) is 2. The molecule has 0 atom stereocenters. The van der Waals surface area contributed by atoms with Gasteiger partial charge in [0.25, 0.3) is 5.91 Å². The fourth-order valence-electron chi connectivity index (χ4n) is 1.28. The summed E-state index contributed by atoms with van der Waals surface area (Å²) in [5.41, 5.74) is 0.0483. The van der Waals surface area contributed by atoms with Crippen LogP contribution in [0.25, 0.3) is 0 Å². The van der Waals surface area contributed by atoms with Crippen molar-refractivity contribution < 1.29 is 9.59 Å². The number of para-hydroxylation sites is 1. The number of hydrogen-bond donors (Lipinski definition) is 1. The van der Waals surface area contributed by atoms with Crippen molar-refractivity contribution >= 4 is 17.4 Å². The maximum Gasteiger partial charge on any atom is 0.258 e. The van der Waals surface area contributed by atoms with Crippen LogP contribution >= 0.6 is 0 Å². The van der Waals surface area contributed by atoms with Gasteiger partial charge in [0.2, 0.25) is 0 Å². The molecular formula is C14H17NO2. The van der Waals surface area contributed by atoms with Gasteiger partial charge in [-0.15, -0.1) is 0 Å². The van der Waals surface area contributed by atoms with Crippen LogP contribution in [0.2, 0.25) is 0 Å². The Morgan fingerprint density at radius 1 is 1.12 bits per heavy atom. The second kappa shape index (κ2) is 4.95. The third kappa shape index (κ3) is 3.55. The van der Waals surface area contributed by atoms with Crippen molar-refractivity contribution in [3.05, 3.63) is 42.5 Å². The molecule has 1 aromatic rings. The first kappa shape index (κ1) is 13.2. The van der Waals surface area contributed by atoms with Gasteiger partial charge < -0.3 is 5.32 Å². The molecule has 0 aromatic heterocycles. The molecule has 0 aliphatic rings. The average Bonchev–Trinajstić information content (AvgIpc) is 2.27. The summed E-state index contributed by atoms with van der Waals surface area (Å²) in [5.74, 6) is -0.693. The van der Waals surface area contributed by atoms with Gasteiger partial charge >= 0.3 is 0 Å². The molecule has 0 bridgehead atoms. The van der Waals surface area contributed by atoms with Crippen LogP contribution in [-0.2, 0) is 9.59 Å². The number of nitrogens with one attached hydrogen (secondary N) is 1. The van der Waals surface area contributed by atoms with E-state index in [1.807, 2.05) is 18.2 Å². The maximum atomic E-state index is 11.8. The second-order valence-electron chi connectivity index (χ2n) is 4.88. The van der Waals surface area contributed by atoms with Crippen LogP contribution in [-0.4, -0.2) is 11.7 Å².